The molecule has 6 nitrogen and oxygen atoms in total. The van der Waals surface area contributed by atoms with Gasteiger partial charge in [-0.2, -0.15) is 5.26 Å². The molecule has 2 rings (SSSR count). The average Bonchev–Trinajstić information content (AvgIpc) is 2.59. The van der Waals surface area contributed by atoms with E-state index in [0.717, 1.165) is 4.90 Å². The molecular formula is C12H8ClN3O3. The molecule has 96 valence electrons. The molecule has 0 bridgehead atoms. The van der Waals surface area contributed by atoms with Crippen LogP contribution in [0, 0.1) is 11.3 Å². The van der Waals surface area contributed by atoms with Gasteiger partial charge in [-0.15, -0.1) is 0 Å². The van der Waals surface area contributed by atoms with Gasteiger partial charge in [-0.25, -0.2) is 9.69 Å². The number of rotatable bonds is 3. The minimum atomic E-state index is -0.987. The predicted molar refractivity (Wildman–Crippen MR) is 64.7 cm³/mol. The maximum Gasteiger partial charge on any atom is 0.335 e. The quantitative estimate of drug-likeness (QED) is 0.471. The fourth-order valence-corrected chi connectivity index (χ4v) is 1.89. The van der Waals surface area contributed by atoms with E-state index in [-0.39, 0.29) is 6.54 Å². The summed E-state index contributed by atoms with van der Waals surface area (Å²) in [5, 5.41) is 8.92. The molecule has 7 heteroatoms. The van der Waals surface area contributed by atoms with Crippen molar-refractivity contribution in [3.8, 4) is 6.07 Å². The summed E-state index contributed by atoms with van der Waals surface area (Å²) in [6.45, 7) is -0.534. The van der Waals surface area contributed by atoms with Crippen molar-refractivity contribution >= 4 is 29.4 Å². The van der Waals surface area contributed by atoms with Crippen molar-refractivity contribution in [2.24, 2.45) is 0 Å². The number of urea groups is 1. The molecule has 1 aliphatic rings. The largest absolute Gasteiger partial charge is 0.335 e. The molecule has 0 radical (unpaired) electrons. The Kier molecular flexibility index (Phi) is 3.49. The average molecular weight is 278 g/mol. The highest BCUT2D eigenvalue weighted by Crippen LogP contribution is 2.20. The molecule has 1 saturated heterocycles. The Morgan fingerprint density at radius 1 is 1.11 bits per heavy atom. The summed E-state index contributed by atoms with van der Waals surface area (Å²) < 4.78 is 0. The van der Waals surface area contributed by atoms with Gasteiger partial charge in [-0.1, -0.05) is 29.8 Å². The second-order valence-electron chi connectivity index (χ2n) is 3.81. The summed E-state index contributed by atoms with van der Waals surface area (Å²) in [6, 6.07) is 7.57. The van der Waals surface area contributed by atoms with Crippen molar-refractivity contribution in [3.05, 3.63) is 34.9 Å². The maximum atomic E-state index is 11.8. The number of nitriles is 1. The third kappa shape index (κ3) is 2.28. The number of hydrogen-bond donors (Lipinski definition) is 0. The molecule has 0 spiro atoms. The Bertz CT molecular complexity index is 608. The Morgan fingerprint density at radius 3 is 2.37 bits per heavy atom. The smallest absolute Gasteiger partial charge is 0.263 e. The first-order valence-electron chi connectivity index (χ1n) is 5.34. The minimum absolute atomic E-state index is 0.0923. The van der Waals surface area contributed by atoms with Gasteiger partial charge >= 0.3 is 17.8 Å². The van der Waals surface area contributed by atoms with Gasteiger partial charge in [0, 0.05) is 5.02 Å². The van der Waals surface area contributed by atoms with E-state index in [9.17, 15) is 14.4 Å². The predicted octanol–water partition coefficient (Wildman–Crippen LogP) is 1.15. The second kappa shape index (κ2) is 5.08. The van der Waals surface area contributed by atoms with Gasteiger partial charge in [0.05, 0.1) is 12.6 Å². The summed E-state index contributed by atoms with van der Waals surface area (Å²) in [6.07, 6.45) is 0. The van der Waals surface area contributed by atoms with Crippen LogP contribution in [0.2, 0.25) is 5.02 Å². The molecule has 0 unspecified atom stereocenters. The molecule has 0 aliphatic carbocycles. The summed E-state index contributed by atoms with van der Waals surface area (Å²) in [7, 11) is 0. The van der Waals surface area contributed by atoms with Crippen LogP contribution in [0.1, 0.15) is 5.56 Å². The monoisotopic (exact) mass is 277 g/mol. The number of imide groups is 2. The van der Waals surface area contributed by atoms with Crippen LogP contribution in [-0.4, -0.2) is 34.2 Å². The molecule has 1 aliphatic heterocycles. The number of benzene rings is 1. The number of hydrogen-bond acceptors (Lipinski definition) is 4. The normalized spacial score (nSPS) is 15.1. The third-order valence-electron chi connectivity index (χ3n) is 2.65. The lowest BCUT2D eigenvalue weighted by Gasteiger charge is -2.14. The van der Waals surface area contributed by atoms with Crippen LogP contribution in [0.5, 0.6) is 0 Å². The fourth-order valence-electron chi connectivity index (χ4n) is 1.70. The van der Waals surface area contributed by atoms with Gasteiger partial charge in [0.25, 0.3) is 0 Å². The summed E-state index contributed by atoms with van der Waals surface area (Å²) in [5.41, 5.74) is 0.553. The van der Waals surface area contributed by atoms with Crippen LogP contribution in [-0.2, 0) is 16.1 Å². The van der Waals surface area contributed by atoms with Crippen LogP contribution in [0.15, 0.2) is 24.3 Å². The second-order valence-corrected chi connectivity index (χ2v) is 4.22. The SMILES string of the molecule is N#CCN1C(=O)C(=O)N(Cc2ccccc2Cl)C1=O. The molecule has 0 aromatic heterocycles. The maximum absolute atomic E-state index is 11.8. The van der Waals surface area contributed by atoms with Crippen LogP contribution in [0.4, 0.5) is 4.79 Å². The van der Waals surface area contributed by atoms with Crippen LogP contribution in [0.25, 0.3) is 0 Å². The zero-order chi connectivity index (χ0) is 14.0. The molecule has 19 heavy (non-hydrogen) atoms. The molecule has 1 aromatic carbocycles. The van der Waals surface area contributed by atoms with Crippen molar-refractivity contribution in [2.75, 3.05) is 6.54 Å². The van der Waals surface area contributed by atoms with Gasteiger partial charge in [-0.05, 0) is 11.6 Å². The van der Waals surface area contributed by atoms with Crippen molar-refractivity contribution in [3.63, 3.8) is 0 Å². The molecular weight excluding hydrogens is 270 g/mol. The van der Waals surface area contributed by atoms with E-state index in [1.54, 1.807) is 30.3 Å². The highest BCUT2D eigenvalue weighted by molar-refractivity contribution is 6.44. The first-order valence-corrected chi connectivity index (χ1v) is 5.71. The molecule has 4 amide bonds. The Labute approximate surface area is 113 Å². The highest BCUT2D eigenvalue weighted by atomic mass is 35.5. The summed E-state index contributed by atoms with van der Waals surface area (Å²) >= 11 is 5.93. The number of nitrogens with zero attached hydrogens (tertiary/aromatic N) is 3. The van der Waals surface area contributed by atoms with Crippen LogP contribution >= 0.6 is 11.6 Å². The Hall–Kier alpha value is -2.39. The van der Waals surface area contributed by atoms with Gasteiger partial charge < -0.3 is 0 Å². The standard InChI is InChI=1S/C12H8ClN3O3/c13-9-4-2-1-3-8(9)7-16-11(18)10(17)15(6-5-14)12(16)19/h1-4H,6-7H2. The number of carbonyl (C=O) groups excluding carboxylic acids is 3. The third-order valence-corrected chi connectivity index (χ3v) is 3.02. The minimum Gasteiger partial charge on any atom is -0.263 e. The number of amides is 4. The van der Waals surface area contributed by atoms with E-state index in [2.05, 4.69) is 0 Å². The molecule has 1 heterocycles. The zero-order valence-electron chi connectivity index (χ0n) is 9.67. The lowest BCUT2D eigenvalue weighted by molar-refractivity contribution is -0.143. The van der Waals surface area contributed by atoms with E-state index < -0.39 is 24.4 Å². The molecule has 0 atom stereocenters. The van der Waals surface area contributed by atoms with Gasteiger partial charge in [-0.3, -0.25) is 14.5 Å². The van der Waals surface area contributed by atoms with E-state index in [1.165, 1.54) is 0 Å². The Morgan fingerprint density at radius 2 is 1.74 bits per heavy atom. The van der Waals surface area contributed by atoms with Crippen molar-refractivity contribution in [1.29, 1.82) is 5.26 Å². The van der Waals surface area contributed by atoms with Gasteiger partial charge in [0.1, 0.15) is 6.54 Å². The summed E-state index contributed by atoms with van der Waals surface area (Å²) in [4.78, 5) is 36.4. The zero-order valence-corrected chi connectivity index (χ0v) is 10.4. The van der Waals surface area contributed by atoms with E-state index in [4.69, 9.17) is 16.9 Å². The first kappa shape index (κ1) is 13.1. The first-order chi connectivity index (χ1) is 9.06. The number of halogens is 1. The molecule has 0 N–H and O–H groups in total. The van der Waals surface area contributed by atoms with E-state index >= 15 is 0 Å². The Balaban J connectivity index is 2.25. The van der Waals surface area contributed by atoms with Crippen molar-refractivity contribution in [1.82, 2.24) is 9.80 Å². The lowest BCUT2D eigenvalue weighted by atomic mass is 10.2. The molecule has 0 saturated carbocycles. The topological polar surface area (TPSA) is 81.5 Å². The molecule has 1 aromatic rings. The number of carbonyl (C=O) groups is 3. The highest BCUT2D eigenvalue weighted by Gasteiger charge is 2.44. The van der Waals surface area contributed by atoms with Crippen molar-refractivity contribution in [2.45, 2.75) is 6.54 Å². The van der Waals surface area contributed by atoms with E-state index in [1.807, 2.05) is 0 Å². The van der Waals surface area contributed by atoms with Gasteiger partial charge in [0.2, 0.25) is 0 Å². The van der Waals surface area contributed by atoms with E-state index in [0.29, 0.717) is 15.5 Å². The van der Waals surface area contributed by atoms with Crippen LogP contribution in [0.3, 0.4) is 0 Å². The fraction of sp³-hybridized carbons (Fsp3) is 0.167. The summed E-state index contributed by atoms with van der Waals surface area (Å²) in [5.74, 6) is -1.93. The van der Waals surface area contributed by atoms with Crippen LogP contribution < -0.4 is 0 Å². The molecule has 1 fully saturated rings. The van der Waals surface area contributed by atoms with Crippen molar-refractivity contribution < 1.29 is 14.4 Å². The lowest BCUT2D eigenvalue weighted by Crippen LogP contribution is -2.33. The van der Waals surface area contributed by atoms with Gasteiger partial charge in [0.15, 0.2) is 0 Å².